The zero-order chi connectivity index (χ0) is 14.5. The number of rotatable bonds is 4. The average molecular weight is 270 g/mol. The monoisotopic (exact) mass is 270 g/mol. The van der Waals surface area contributed by atoms with E-state index in [2.05, 4.69) is 29.6 Å². The largest absolute Gasteiger partial charge is 0.323 e. The first kappa shape index (κ1) is 14.0. The molecule has 0 aliphatic heterocycles. The van der Waals surface area contributed by atoms with Crippen molar-refractivity contribution in [2.75, 3.05) is 10.7 Å². The molecule has 5 nitrogen and oxygen atoms in total. The van der Waals surface area contributed by atoms with Gasteiger partial charge in [0.2, 0.25) is 0 Å². The Balaban J connectivity index is 2.12. The van der Waals surface area contributed by atoms with Gasteiger partial charge in [0.25, 0.3) is 5.91 Å². The Morgan fingerprint density at radius 2 is 2.00 bits per heavy atom. The lowest BCUT2D eigenvalue weighted by molar-refractivity contribution is 0.102. The normalized spacial score (nSPS) is 10.4. The van der Waals surface area contributed by atoms with Crippen molar-refractivity contribution >= 4 is 17.3 Å². The zero-order valence-corrected chi connectivity index (χ0v) is 11.6. The topological polar surface area (TPSA) is 80.0 Å². The molecule has 0 saturated carbocycles. The molecule has 0 aliphatic carbocycles. The Labute approximate surface area is 118 Å². The lowest BCUT2D eigenvalue weighted by Crippen LogP contribution is -2.14. The summed E-state index contributed by atoms with van der Waals surface area (Å²) in [7, 11) is 0. The lowest BCUT2D eigenvalue weighted by Gasteiger charge is -2.09. The van der Waals surface area contributed by atoms with E-state index >= 15 is 0 Å². The summed E-state index contributed by atoms with van der Waals surface area (Å²) < 4.78 is 0. The predicted octanol–water partition coefficient (Wildman–Crippen LogP) is 2.74. The smallest absolute Gasteiger partial charge is 0.274 e. The summed E-state index contributed by atoms with van der Waals surface area (Å²) in [5, 5.41) is 2.84. The van der Waals surface area contributed by atoms with E-state index in [4.69, 9.17) is 5.84 Å². The molecule has 2 rings (SSSR count). The number of hydrogen-bond donors (Lipinski definition) is 3. The quantitative estimate of drug-likeness (QED) is 0.589. The number of nitrogens with zero attached hydrogens (tertiary/aromatic N) is 1. The SMILES string of the molecule is CC(C)c1cccc(NC(=O)c2ccc(NN)cn2)c1. The molecule has 0 bridgehead atoms. The summed E-state index contributed by atoms with van der Waals surface area (Å²) in [6.45, 7) is 4.22. The van der Waals surface area contributed by atoms with Crippen molar-refractivity contribution in [3.8, 4) is 0 Å². The maximum atomic E-state index is 12.1. The third-order valence-electron chi connectivity index (χ3n) is 2.97. The Morgan fingerprint density at radius 3 is 2.60 bits per heavy atom. The van der Waals surface area contributed by atoms with Crippen molar-refractivity contribution < 1.29 is 4.79 Å². The summed E-state index contributed by atoms with van der Waals surface area (Å²) in [5.41, 5.74) is 5.42. The van der Waals surface area contributed by atoms with E-state index in [1.807, 2.05) is 24.3 Å². The van der Waals surface area contributed by atoms with Crippen LogP contribution >= 0.6 is 0 Å². The molecule has 1 aromatic carbocycles. The van der Waals surface area contributed by atoms with E-state index in [0.717, 1.165) is 5.69 Å². The van der Waals surface area contributed by atoms with Gasteiger partial charge in [-0.15, -0.1) is 0 Å². The summed E-state index contributed by atoms with van der Waals surface area (Å²) in [5.74, 6) is 5.43. The Bertz CT molecular complexity index is 593. The molecule has 4 N–H and O–H groups in total. The van der Waals surface area contributed by atoms with Crippen LogP contribution in [0.25, 0.3) is 0 Å². The fourth-order valence-corrected chi connectivity index (χ4v) is 1.78. The van der Waals surface area contributed by atoms with Gasteiger partial charge in [-0.25, -0.2) is 4.98 Å². The molecule has 1 heterocycles. The first-order chi connectivity index (χ1) is 9.60. The second kappa shape index (κ2) is 6.16. The van der Waals surface area contributed by atoms with Gasteiger partial charge in [-0.05, 0) is 35.7 Å². The summed E-state index contributed by atoms with van der Waals surface area (Å²) >= 11 is 0. The highest BCUT2D eigenvalue weighted by Gasteiger charge is 2.08. The highest BCUT2D eigenvalue weighted by molar-refractivity contribution is 6.02. The third kappa shape index (κ3) is 3.33. The van der Waals surface area contributed by atoms with Gasteiger partial charge in [-0.3, -0.25) is 10.6 Å². The van der Waals surface area contributed by atoms with E-state index in [1.54, 1.807) is 12.1 Å². The zero-order valence-electron chi connectivity index (χ0n) is 11.6. The van der Waals surface area contributed by atoms with E-state index < -0.39 is 0 Å². The molecule has 0 unspecified atom stereocenters. The number of aromatic nitrogens is 1. The molecular weight excluding hydrogens is 252 g/mol. The molecule has 0 aliphatic rings. The van der Waals surface area contributed by atoms with Crippen molar-refractivity contribution in [3.05, 3.63) is 53.9 Å². The minimum atomic E-state index is -0.241. The van der Waals surface area contributed by atoms with Crippen LogP contribution in [0.1, 0.15) is 35.8 Å². The van der Waals surface area contributed by atoms with Crippen molar-refractivity contribution in [1.29, 1.82) is 0 Å². The molecule has 2 aromatic rings. The van der Waals surface area contributed by atoms with Crippen molar-refractivity contribution in [3.63, 3.8) is 0 Å². The van der Waals surface area contributed by atoms with E-state index in [9.17, 15) is 4.79 Å². The first-order valence-corrected chi connectivity index (χ1v) is 6.44. The second-order valence-electron chi connectivity index (χ2n) is 4.81. The fourth-order valence-electron chi connectivity index (χ4n) is 1.78. The molecule has 1 amide bonds. The number of hydrogen-bond acceptors (Lipinski definition) is 4. The predicted molar refractivity (Wildman–Crippen MR) is 80.5 cm³/mol. The Kier molecular flexibility index (Phi) is 4.32. The second-order valence-corrected chi connectivity index (χ2v) is 4.81. The highest BCUT2D eigenvalue weighted by atomic mass is 16.1. The Hall–Kier alpha value is -2.40. The number of pyridine rings is 1. The number of benzene rings is 1. The molecule has 0 fully saturated rings. The summed E-state index contributed by atoms with van der Waals surface area (Å²) in [6.07, 6.45) is 1.51. The minimum Gasteiger partial charge on any atom is -0.323 e. The van der Waals surface area contributed by atoms with Gasteiger partial charge in [0.1, 0.15) is 5.69 Å². The molecule has 0 spiro atoms. The van der Waals surface area contributed by atoms with Crippen LogP contribution < -0.4 is 16.6 Å². The average Bonchev–Trinajstić information content (AvgIpc) is 2.47. The molecule has 5 heteroatoms. The summed E-state index contributed by atoms with van der Waals surface area (Å²) in [6, 6.07) is 11.1. The number of nitrogens with two attached hydrogens (primary N) is 1. The van der Waals surface area contributed by atoms with Gasteiger partial charge < -0.3 is 10.7 Å². The van der Waals surface area contributed by atoms with Crippen molar-refractivity contribution in [1.82, 2.24) is 4.98 Å². The summed E-state index contributed by atoms with van der Waals surface area (Å²) in [4.78, 5) is 16.1. The number of amides is 1. The van der Waals surface area contributed by atoms with E-state index in [1.165, 1.54) is 11.8 Å². The van der Waals surface area contributed by atoms with E-state index in [-0.39, 0.29) is 5.91 Å². The molecule has 0 saturated heterocycles. The van der Waals surface area contributed by atoms with E-state index in [0.29, 0.717) is 17.3 Å². The number of nitrogen functional groups attached to an aromatic ring is 1. The highest BCUT2D eigenvalue weighted by Crippen LogP contribution is 2.19. The van der Waals surface area contributed by atoms with Crippen molar-refractivity contribution in [2.45, 2.75) is 19.8 Å². The Morgan fingerprint density at radius 1 is 1.20 bits per heavy atom. The van der Waals surface area contributed by atoms with Crippen LogP contribution in [0.15, 0.2) is 42.6 Å². The van der Waals surface area contributed by atoms with Crippen LogP contribution in [0.3, 0.4) is 0 Å². The van der Waals surface area contributed by atoms with Crippen LogP contribution in [0, 0.1) is 0 Å². The minimum absolute atomic E-state index is 0.241. The molecule has 20 heavy (non-hydrogen) atoms. The van der Waals surface area contributed by atoms with Gasteiger partial charge in [0.15, 0.2) is 0 Å². The fraction of sp³-hybridized carbons (Fsp3) is 0.200. The number of anilines is 2. The van der Waals surface area contributed by atoms with Crippen LogP contribution in [0.4, 0.5) is 11.4 Å². The van der Waals surface area contributed by atoms with Crippen LogP contribution in [0.5, 0.6) is 0 Å². The number of carbonyl (C=O) groups is 1. The standard InChI is InChI=1S/C15H18N4O/c1-10(2)11-4-3-5-12(8-11)18-15(20)14-7-6-13(19-16)9-17-14/h3-10,19H,16H2,1-2H3,(H,18,20). The maximum absolute atomic E-state index is 12.1. The molecule has 0 radical (unpaired) electrons. The van der Waals surface area contributed by atoms with Gasteiger partial charge in [-0.1, -0.05) is 26.0 Å². The number of carbonyl (C=O) groups excluding carboxylic acids is 1. The van der Waals surface area contributed by atoms with Crippen LogP contribution in [-0.2, 0) is 0 Å². The number of nitrogens with one attached hydrogen (secondary N) is 2. The number of hydrazine groups is 1. The van der Waals surface area contributed by atoms with Gasteiger partial charge in [0.05, 0.1) is 11.9 Å². The van der Waals surface area contributed by atoms with Crippen LogP contribution in [0.2, 0.25) is 0 Å². The lowest BCUT2D eigenvalue weighted by atomic mass is 10.0. The van der Waals surface area contributed by atoms with Gasteiger partial charge in [-0.2, -0.15) is 0 Å². The maximum Gasteiger partial charge on any atom is 0.274 e. The molecule has 104 valence electrons. The van der Waals surface area contributed by atoms with Crippen LogP contribution in [-0.4, -0.2) is 10.9 Å². The van der Waals surface area contributed by atoms with Gasteiger partial charge in [0, 0.05) is 5.69 Å². The first-order valence-electron chi connectivity index (χ1n) is 6.44. The molecular formula is C15H18N4O. The molecule has 1 aromatic heterocycles. The third-order valence-corrected chi connectivity index (χ3v) is 2.97. The van der Waals surface area contributed by atoms with Crippen molar-refractivity contribution in [2.24, 2.45) is 5.84 Å². The molecule has 0 atom stereocenters. The van der Waals surface area contributed by atoms with Gasteiger partial charge >= 0.3 is 0 Å².